The zero-order chi connectivity index (χ0) is 22.2. The van der Waals surface area contributed by atoms with Crippen LogP contribution in [0.1, 0.15) is 5.56 Å². The highest BCUT2D eigenvalue weighted by Crippen LogP contribution is 2.34. The van der Waals surface area contributed by atoms with Crippen LogP contribution >= 0.6 is 0 Å². The summed E-state index contributed by atoms with van der Waals surface area (Å²) in [4.78, 5) is 14.3. The van der Waals surface area contributed by atoms with E-state index in [1.165, 1.54) is 23.0 Å². The summed E-state index contributed by atoms with van der Waals surface area (Å²) >= 11 is 0. The van der Waals surface area contributed by atoms with Crippen molar-refractivity contribution in [2.75, 3.05) is 19.0 Å². The van der Waals surface area contributed by atoms with Gasteiger partial charge in [0.05, 0.1) is 22.6 Å². The second-order valence-corrected chi connectivity index (χ2v) is 7.17. The topological polar surface area (TPSA) is 43.1 Å². The molecule has 0 bridgehead atoms. The first-order chi connectivity index (χ1) is 14.8. The van der Waals surface area contributed by atoms with Crippen LogP contribution in [0.25, 0.3) is 22.8 Å². The Balaban J connectivity index is 1.90. The number of rotatable bonds is 4. The van der Waals surface area contributed by atoms with Gasteiger partial charge in [-0.25, -0.2) is 4.68 Å². The van der Waals surface area contributed by atoms with Crippen molar-refractivity contribution in [3.05, 3.63) is 94.9 Å². The molecule has 2 aromatic carbocycles. The van der Waals surface area contributed by atoms with E-state index in [1.54, 1.807) is 37.3 Å². The van der Waals surface area contributed by atoms with Crippen LogP contribution in [-0.2, 0) is 6.18 Å². The smallest absolute Gasteiger partial charge is 0.376 e. The van der Waals surface area contributed by atoms with Gasteiger partial charge in [0.25, 0.3) is 0 Å². The summed E-state index contributed by atoms with van der Waals surface area (Å²) in [6.07, 6.45) is -1.31. The molecule has 4 rings (SSSR count). The minimum absolute atomic E-state index is 0.137. The van der Waals surface area contributed by atoms with Crippen LogP contribution in [0.5, 0.6) is 0 Å². The van der Waals surface area contributed by atoms with E-state index in [0.29, 0.717) is 11.4 Å². The first kappa shape index (κ1) is 20.5. The van der Waals surface area contributed by atoms with Crippen molar-refractivity contribution < 1.29 is 13.2 Å². The predicted molar refractivity (Wildman–Crippen MR) is 114 cm³/mol. The van der Waals surface area contributed by atoms with Gasteiger partial charge >= 0.3 is 6.18 Å². The average molecular weight is 424 g/mol. The second kappa shape index (κ2) is 7.79. The second-order valence-electron chi connectivity index (χ2n) is 7.17. The molecule has 2 aromatic heterocycles. The van der Waals surface area contributed by atoms with Crippen LogP contribution in [0, 0.1) is 0 Å². The van der Waals surface area contributed by atoms with E-state index in [2.05, 4.69) is 5.10 Å². The molecule has 5 nitrogen and oxygen atoms in total. The van der Waals surface area contributed by atoms with Crippen LogP contribution in [0.2, 0.25) is 0 Å². The van der Waals surface area contributed by atoms with Crippen LogP contribution in [0.4, 0.5) is 18.9 Å². The fraction of sp³-hybridized carbons (Fsp3) is 0.130. The molecule has 0 fully saturated rings. The Morgan fingerprint density at radius 3 is 2.32 bits per heavy atom. The lowest BCUT2D eigenvalue weighted by atomic mass is 10.1. The van der Waals surface area contributed by atoms with Crippen molar-refractivity contribution in [2.24, 2.45) is 0 Å². The van der Waals surface area contributed by atoms with Crippen LogP contribution in [0.3, 0.4) is 0 Å². The third-order valence-corrected chi connectivity index (χ3v) is 4.87. The normalized spacial score (nSPS) is 11.5. The summed E-state index contributed by atoms with van der Waals surface area (Å²) in [5.74, 6) is 0. The zero-order valence-electron chi connectivity index (χ0n) is 16.8. The molecule has 31 heavy (non-hydrogen) atoms. The highest BCUT2D eigenvalue weighted by Gasteiger charge is 2.31. The molecule has 0 amide bonds. The van der Waals surface area contributed by atoms with Crippen molar-refractivity contribution in [1.82, 2.24) is 14.3 Å². The molecule has 0 aliphatic heterocycles. The molecule has 0 aliphatic rings. The number of hydrogen-bond donors (Lipinski definition) is 0. The van der Waals surface area contributed by atoms with E-state index in [1.807, 2.05) is 34.9 Å². The lowest BCUT2D eigenvalue weighted by molar-refractivity contribution is -0.137. The molecule has 158 valence electrons. The van der Waals surface area contributed by atoms with Crippen molar-refractivity contribution in [3.8, 4) is 22.8 Å². The standard InChI is InChI=1S/C23H19F3N4O/c1-28(2)18-11-10-16(23(24,25)26)15-20(18)30-14-12-21(31)22(27-30)19-9-6-13-29(19)17-7-4-3-5-8-17/h3-15H,1-2H3. The molecule has 0 atom stereocenters. The minimum atomic E-state index is -4.50. The molecule has 0 spiro atoms. The maximum atomic E-state index is 13.3. The zero-order valence-corrected chi connectivity index (χ0v) is 16.8. The molecular formula is C23H19F3N4O. The quantitative estimate of drug-likeness (QED) is 0.474. The Hall–Kier alpha value is -3.81. The molecule has 4 aromatic rings. The lowest BCUT2D eigenvalue weighted by Crippen LogP contribution is -2.18. The van der Waals surface area contributed by atoms with Crippen molar-refractivity contribution in [3.63, 3.8) is 0 Å². The van der Waals surface area contributed by atoms with Gasteiger partial charge in [-0.2, -0.15) is 18.3 Å². The Bertz CT molecular complexity index is 1270. The van der Waals surface area contributed by atoms with Gasteiger partial charge in [0, 0.05) is 38.2 Å². The monoisotopic (exact) mass is 424 g/mol. The van der Waals surface area contributed by atoms with Gasteiger partial charge in [-0.15, -0.1) is 0 Å². The van der Waals surface area contributed by atoms with E-state index < -0.39 is 11.7 Å². The van der Waals surface area contributed by atoms with E-state index >= 15 is 0 Å². The van der Waals surface area contributed by atoms with Crippen LogP contribution < -0.4 is 10.3 Å². The third kappa shape index (κ3) is 3.96. The highest BCUT2D eigenvalue weighted by molar-refractivity contribution is 5.64. The van der Waals surface area contributed by atoms with Gasteiger partial charge in [0.2, 0.25) is 5.43 Å². The third-order valence-electron chi connectivity index (χ3n) is 4.87. The molecule has 0 aliphatic carbocycles. The lowest BCUT2D eigenvalue weighted by Gasteiger charge is -2.20. The SMILES string of the molecule is CN(C)c1ccc(C(F)(F)F)cc1-n1ccc(=O)c(-c2cccn2-c2ccccc2)n1. The Morgan fingerprint density at radius 2 is 1.65 bits per heavy atom. The summed E-state index contributed by atoms with van der Waals surface area (Å²) in [7, 11) is 3.46. The fourth-order valence-corrected chi connectivity index (χ4v) is 3.37. The number of halogens is 3. The molecular weight excluding hydrogens is 405 g/mol. The number of benzene rings is 2. The molecule has 0 N–H and O–H groups in total. The first-order valence-electron chi connectivity index (χ1n) is 9.48. The maximum absolute atomic E-state index is 13.3. The number of anilines is 1. The van der Waals surface area contributed by atoms with E-state index in [9.17, 15) is 18.0 Å². The summed E-state index contributed by atoms with van der Waals surface area (Å²) in [5, 5.41) is 4.43. The minimum Gasteiger partial charge on any atom is -0.376 e. The highest BCUT2D eigenvalue weighted by atomic mass is 19.4. The largest absolute Gasteiger partial charge is 0.416 e. The van der Waals surface area contributed by atoms with Gasteiger partial charge in [0.15, 0.2) is 5.69 Å². The van der Waals surface area contributed by atoms with Gasteiger partial charge in [0.1, 0.15) is 0 Å². The number of alkyl halides is 3. The molecule has 0 saturated heterocycles. The van der Waals surface area contributed by atoms with Crippen LogP contribution in [-0.4, -0.2) is 28.4 Å². The summed E-state index contributed by atoms with van der Waals surface area (Å²) in [6, 6.07) is 17.7. The fourth-order valence-electron chi connectivity index (χ4n) is 3.37. The number of nitrogens with zero attached hydrogens (tertiary/aromatic N) is 4. The number of aromatic nitrogens is 3. The van der Waals surface area contributed by atoms with E-state index in [0.717, 1.165) is 17.8 Å². The van der Waals surface area contributed by atoms with E-state index in [-0.39, 0.29) is 16.8 Å². The summed E-state index contributed by atoms with van der Waals surface area (Å²) < 4.78 is 43.1. The summed E-state index contributed by atoms with van der Waals surface area (Å²) in [5.41, 5.74) is 1.16. The molecule has 2 heterocycles. The molecule has 8 heteroatoms. The van der Waals surface area contributed by atoms with Crippen molar-refractivity contribution >= 4 is 5.69 Å². The van der Waals surface area contributed by atoms with E-state index in [4.69, 9.17) is 0 Å². The van der Waals surface area contributed by atoms with Crippen molar-refractivity contribution in [1.29, 1.82) is 0 Å². The van der Waals surface area contributed by atoms with Crippen molar-refractivity contribution in [2.45, 2.75) is 6.18 Å². The van der Waals surface area contributed by atoms with Gasteiger partial charge in [-0.05, 0) is 42.5 Å². The van der Waals surface area contributed by atoms with Gasteiger partial charge < -0.3 is 9.47 Å². The molecule has 0 saturated carbocycles. The molecule has 0 radical (unpaired) electrons. The van der Waals surface area contributed by atoms with Gasteiger partial charge in [-0.3, -0.25) is 4.79 Å². The number of para-hydroxylation sites is 1. The maximum Gasteiger partial charge on any atom is 0.416 e. The Kier molecular flexibility index (Phi) is 5.14. The first-order valence-corrected chi connectivity index (χ1v) is 9.48. The van der Waals surface area contributed by atoms with Gasteiger partial charge in [-0.1, -0.05) is 18.2 Å². The predicted octanol–water partition coefficient (Wildman–Crippen LogP) is 4.78. The number of hydrogen-bond acceptors (Lipinski definition) is 3. The average Bonchev–Trinajstić information content (AvgIpc) is 3.23. The summed E-state index contributed by atoms with van der Waals surface area (Å²) in [6.45, 7) is 0. The molecule has 0 unspecified atom stereocenters. The van der Waals surface area contributed by atoms with Crippen LogP contribution in [0.15, 0.2) is 83.9 Å². The Labute approximate surface area is 176 Å². The Morgan fingerprint density at radius 1 is 0.903 bits per heavy atom.